The highest BCUT2D eigenvalue weighted by molar-refractivity contribution is 7.92. The molecule has 0 saturated carbocycles. The summed E-state index contributed by atoms with van der Waals surface area (Å²) < 4.78 is 33.2. The van der Waals surface area contributed by atoms with Crippen molar-refractivity contribution in [1.82, 2.24) is 5.32 Å². The van der Waals surface area contributed by atoms with Crippen molar-refractivity contribution in [3.8, 4) is 5.75 Å². The van der Waals surface area contributed by atoms with Gasteiger partial charge in [0, 0.05) is 19.6 Å². The van der Waals surface area contributed by atoms with Crippen LogP contribution in [0.4, 0.5) is 5.69 Å². The minimum Gasteiger partial charge on any atom is -0.494 e. The number of ether oxygens (including phenoxy) is 1. The summed E-state index contributed by atoms with van der Waals surface area (Å²) in [5.41, 5.74) is 1.73. The lowest BCUT2D eigenvalue weighted by Gasteiger charge is -2.24. The molecule has 0 unspecified atom stereocenters. The maximum absolute atomic E-state index is 13.1. The highest BCUT2D eigenvalue weighted by Gasteiger charge is 2.27. The zero-order valence-electron chi connectivity index (χ0n) is 14.1. The van der Waals surface area contributed by atoms with Crippen LogP contribution in [0.25, 0.3) is 0 Å². The molecular formula is C18H23ClN2O3S. The second kappa shape index (κ2) is 8.56. The van der Waals surface area contributed by atoms with Gasteiger partial charge in [-0.3, -0.25) is 4.31 Å². The van der Waals surface area contributed by atoms with Crippen molar-refractivity contribution in [2.24, 2.45) is 0 Å². The minimum absolute atomic E-state index is 0. The molecule has 1 aliphatic rings. The van der Waals surface area contributed by atoms with E-state index in [1.165, 1.54) is 4.31 Å². The number of fused-ring (bicyclic) bond motifs is 1. The fraction of sp³-hybridized carbons (Fsp3) is 0.333. The number of rotatable bonds is 5. The lowest BCUT2D eigenvalue weighted by Crippen LogP contribution is -2.34. The molecule has 0 bridgehead atoms. The predicted molar refractivity (Wildman–Crippen MR) is 102 cm³/mol. The van der Waals surface area contributed by atoms with Gasteiger partial charge in [-0.1, -0.05) is 25.1 Å². The highest BCUT2D eigenvalue weighted by Crippen LogP contribution is 2.29. The third kappa shape index (κ3) is 4.26. The Morgan fingerprint density at radius 2 is 1.84 bits per heavy atom. The van der Waals surface area contributed by atoms with Crippen LogP contribution in [0.5, 0.6) is 5.75 Å². The van der Waals surface area contributed by atoms with E-state index in [0.717, 1.165) is 17.7 Å². The number of benzene rings is 2. The minimum atomic E-state index is -3.60. The monoisotopic (exact) mass is 382 g/mol. The van der Waals surface area contributed by atoms with Crippen molar-refractivity contribution in [3.63, 3.8) is 0 Å². The van der Waals surface area contributed by atoms with Crippen LogP contribution >= 0.6 is 12.4 Å². The molecule has 136 valence electrons. The van der Waals surface area contributed by atoms with E-state index in [9.17, 15) is 8.42 Å². The van der Waals surface area contributed by atoms with Gasteiger partial charge in [-0.2, -0.15) is 0 Å². The van der Waals surface area contributed by atoms with Gasteiger partial charge in [0.2, 0.25) is 0 Å². The quantitative estimate of drug-likeness (QED) is 0.862. The maximum Gasteiger partial charge on any atom is 0.264 e. The van der Waals surface area contributed by atoms with Gasteiger partial charge in [0.05, 0.1) is 17.2 Å². The molecule has 0 aromatic heterocycles. The van der Waals surface area contributed by atoms with E-state index >= 15 is 0 Å². The largest absolute Gasteiger partial charge is 0.494 e. The van der Waals surface area contributed by atoms with Crippen LogP contribution < -0.4 is 14.4 Å². The molecule has 3 rings (SSSR count). The average Bonchev–Trinajstić information content (AvgIpc) is 2.83. The fourth-order valence-corrected chi connectivity index (χ4v) is 4.24. The summed E-state index contributed by atoms with van der Waals surface area (Å²) in [5.74, 6) is 0.689. The Kier molecular flexibility index (Phi) is 6.70. The first-order chi connectivity index (χ1) is 11.6. The van der Waals surface area contributed by atoms with Crippen LogP contribution in [0, 0.1) is 0 Å². The van der Waals surface area contributed by atoms with Gasteiger partial charge in [0.15, 0.2) is 0 Å². The normalized spacial score (nSPS) is 14.2. The molecule has 0 atom stereocenters. The first-order valence-electron chi connectivity index (χ1n) is 8.17. The Hall–Kier alpha value is -1.76. The van der Waals surface area contributed by atoms with E-state index in [0.29, 0.717) is 32.0 Å². The first-order valence-corrected chi connectivity index (χ1v) is 9.61. The Morgan fingerprint density at radius 1 is 1.12 bits per heavy atom. The smallest absolute Gasteiger partial charge is 0.264 e. The second-order valence-corrected chi connectivity index (χ2v) is 7.56. The van der Waals surface area contributed by atoms with Gasteiger partial charge in [-0.15, -0.1) is 12.4 Å². The van der Waals surface area contributed by atoms with Crippen molar-refractivity contribution in [1.29, 1.82) is 0 Å². The zero-order chi connectivity index (χ0) is 17.0. The standard InChI is InChI=1S/C18H22N2O3S.ClH/c1-2-13-23-16-7-9-17(10-8-16)24(21,22)20-12-11-19-14-15-5-3-4-6-18(15)20;/h3-10,19H,2,11-14H2,1H3;1H. The topological polar surface area (TPSA) is 58.6 Å². The molecule has 2 aromatic carbocycles. The SMILES string of the molecule is CCCOc1ccc(S(=O)(=O)N2CCNCc3ccccc32)cc1.Cl. The first kappa shape index (κ1) is 19.6. The Balaban J connectivity index is 0.00000225. The number of hydrogen-bond acceptors (Lipinski definition) is 4. The summed E-state index contributed by atoms with van der Waals surface area (Å²) >= 11 is 0. The van der Waals surface area contributed by atoms with Gasteiger partial charge in [-0.25, -0.2) is 8.42 Å². The molecule has 0 radical (unpaired) electrons. The van der Waals surface area contributed by atoms with E-state index < -0.39 is 10.0 Å². The Bertz CT molecular complexity index is 794. The molecule has 1 N–H and O–H groups in total. The summed E-state index contributed by atoms with van der Waals surface area (Å²) in [4.78, 5) is 0.281. The van der Waals surface area contributed by atoms with Gasteiger partial charge < -0.3 is 10.1 Å². The average molecular weight is 383 g/mol. The van der Waals surface area contributed by atoms with E-state index in [4.69, 9.17) is 4.74 Å². The third-order valence-corrected chi connectivity index (χ3v) is 5.78. The molecule has 0 amide bonds. The summed E-state index contributed by atoms with van der Waals surface area (Å²) in [5, 5.41) is 3.26. The highest BCUT2D eigenvalue weighted by atomic mass is 35.5. The zero-order valence-corrected chi connectivity index (χ0v) is 15.8. The molecule has 0 spiro atoms. The summed E-state index contributed by atoms with van der Waals surface area (Å²) in [7, 11) is -3.60. The van der Waals surface area contributed by atoms with Crippen LogP contribution in [-0.2, 0) is 16.6 Å². The lowest BCUT2D eigenvalue weighted by molar-refractivity contribution is 0.317. The van der Waals surface area contributed by atoms with Crippen molar-refractivity contribution in [2.45, 2.75) is 24.8 Å². The van der Waals surface area contributed by atoms with Gasteiger partial charge in [-0.05, 0) is 42.3 Å². The van der Waals surface area contributed by atoms with Crippen molar-refractivity contribution < 1.29 is 13.2 Å². The van der Waals surface area contributed by atoms with Crippen LogP contribution in [0.1, 0.15) is 18.9 Å². The number of hydrogen-bond donors (Lipinski definition) is 1. The number of anilines is 1. The molecule has 1 heterocycles. The van der Waals surface area contributed by atoms with Crippen molar-refractivity contribution in [2.75, 3.05) is 24.0 Å². The van der Waals surface area contributed by atoms with Crippen LogP contribution in [-0.4, -0.2) is 28.1 Å². The molecule has 1 aliphatic heterocycles. The number of nitrogens with zero attached hydrogens (tertiary/aromatic N) is 1. The van der Waals surface area contributed by atoms with E-state index in [1.807, 2.05) is 31.2 Å². The molecule has 25 heavy (non-hydrogen) atoms. The predicted octanol–water partition coefficient (Wildman–Crippen LogP) is 3.20. The number of para-hydroxylation sites is 1. The molecule has 0 fully saturated rings. The molecule has 0 saturated heterocycles. The van der Waals surface area contributed by atoms with E-state index in [1.54, 1.807) is 24.3 Å². The molecule has 5 nitrogen and oxygen atoms in total. The van der Waals surface area contributed by atoms with Gasteiger partial charge >= 0.3 is 0 Å². The summed E-state index contributed by atoms with van der Waals surface area (Å²) in [6.07, 6.45) is 0.914. The molecule has 2 aromatic rings. The van der Waals surface area contributed by atoms with Crippen LogP contribution in [0.2, 0.25) is 0 Å². The number of sulfonamides is 1. The Morgan fingerprint density at radius 3 is 2.56 bits per heavy atom. The lowest BCUT2D eigenvalue weighted by atomic mass is 10.2. The van der Waals surface area contributed by atoms with Crippen molar-refractivity contribution in [3.05, 3.63) is 54.1 Å². The summed E-state index contributed by atoms with van der Waals surface area (Å²) in [6, 6.07) is 14.3. The van der Waals surface area contributed by atoms with Crippen LogP contribution in [0.15, 0.2) is 53.4 Å². The number of halogens is 1. The van der Waals surface area contributed by atoms with Gasteiger partial charge in [0.25, 0.3) is 10.0 Å². The van der Waals surface area contributed by atoms with Crippen LogP contribution in [0.3, 0.4) is 0 Å². The molecular weight excluding hydrogens is 360 g/mol. The Labute approximate surface area is 155 Å². The van der Waals surface area contributed by atoms with Gasteiger partial charge in [0.1, 0.15) is 5.75 Å². The van der Waals surface area contributed by atoms with E-state index in [2.05, 4.69) is 5.32 Å². The fourth-order valence-electron chi connectivity index (χ4n) is 2.73. The summed E-state index contributed by atoms with van der Waals surface area (Å²) in [6.45, 7) is 4.35. The molecule has 7 heteroatoms. The number of nitrogens with one attached hydrogen (secondary N) is 1. The van der Waals surface area contributed by atoms with Crippen molar-refractivity contribution >= 4 is 28.1 Å². The molecule has 0 aliphatic carbocycles. The third-order valence-electron chi connectivity index (χ3n) is 3.95. The second-order valence-electron chi connectivity index (χ2n) is 5.70. The van der Waals surface area contributed by atoms with E-state index in [-0.39, 0.29) is 17.3 Å². The maximum atomic E-state index is 13.1.